The van der Waals surface area contributed by atoms with Gasteiger partial charge in [-0.15, -0.1) is 0 Å². The standard InChI is InChI=1S/C25H35N/c1-7-9-10-20(4)26-24-18-22(12-11-19(24)3)21-13-15-23(16-14-21)25(5,6)17-8-2/h11-16,18H,7-10,17H2,1-6H3. The summed E-state index contributed by atoms with van der Waals surface area (Å²) in [6.45, 7) is 13.4. The van der Waals surface area contributed by atoms with Gasteiger partial charge in [-0.25, -0.2) is 0 Å². The Labute approximate surface area is 160 Å². The van der Waals surface area contributed by atoms with Gasteiger partial charge in [-0.05, 0) is 66.8 Å². The number of unbranched alkanes of at least 4 members (excludes halogenated alkanes) is 1. The lowest BCUT2D eigenvalue weighted by molar-refractivity contribution is 0.473. The van der Waals surface area contributed by atoms with Gasteiger partial charge in [-0.3, -0.25) is 4.99 Å². The molecule has 2 rings (SSSR count). The molecule has 2 aromatic rings. The second kappa shape index (κ2) is 9.16. The summed E-state index contributed by atoms with van der Waals surface area (Å²) in [5.41, 5.74) is 7.75. The maximum absolute atomic E-state index is 4.88. The van der Waals surface area contributed by atoms with Gasteiger partial charge in [-0.2, -0.15) is 0 Å². The van der Waals surface area contributed by atoms with E-state index < -0.39 is 0 Å². The van der Waals surface area contributed by atoms with Crippen molar-refractivity contribution in [1.82, 2.24) is 0 Å². The van der Waals surface area contributed by atoms with E-state index >= 15 is 0 Å². The summed E-state index contributed by atoms with van der Waals surface area (Å²) >= 11 is 0. The molecule has 140 valence electrons. The zero-order valence-corrected chi connectivity index (χ0v) is 17.5. The summed E-state index contributed by atoms with van der Waals surface area (Å²) in [5.74, 6) is 0. The molecule has 1 heteroatoms. The maximum Gasteiger partial charge on any atom is 0.0664 e. The van der Waals surface area contributed by atoms with Crippen molar-refractivity contribution in [2.24, 2.45) is 4.99 Å². The number of hydrogen-bond donors (Lipinski definition) is 0. The van der Waals surface area contributed by atoms with Gasteiger partial charge in [0, 0.05) is 5.71 Å². The molecule has 0 aromatic heterocycles. The van der Waals surface area contributed by atoms with E-state index in [1.54, 1.807) is 0 Å². The molecule has 26 heavy (non-hydrogen) atoms. The first-order valence-corrected chi connectivity index (χ1v) is 10.1. The Bertz CT molecular complexity index is 735. The zero-order valence-electron chi connectivity index (χ0n) is 17.5. The van der Waals surface area contributed by atoms with Gasteiger partial charge in [0.15, 0.2) is 0 Å². The molecule has 0 aliphatic heterocycles. The fourth-order valence-corrected chi connectivity index (χ4v) is 3.49. The van der Waals surface area contributed by atoms with Crippen LogP contribution in [0.2, 0.25) is 0 Å². The molecule has 0 unspecified atom stereocenters. The third-order valence-corrected chi connectivity index (χ3v) is 5.29. The number of aliphatic imine (C=N–C) groups is 1. The first-order chi connectivity index (χ1) is 12.4. The van der Waals surface area contributed by atoms with Gasteiger partial charge in [0.05, 0.1) is 5.69 Å². The van der Waals surface area contributed by atoms with E-state index in [9.17, 15) is 0 Å². The van der Waals surface area contributed by atoms with Crippen LogP contribution in [0.15, 0.2) is 47.5 Å². The molecule has 0 heterocycles. The lowest BCUT2D eigenvalue weighted by Gasteiger charge is -2.25. The van der Waals surface area contributed by atoms with Gasteiger partial charge in [0.1, 0.15) is 0 Å². The van der Waals surface area contributed by atoms with Crippen molar-refractivity contribution in [3.05, 3.63) is 53.6 Å². The van der Waals surface area contributed by atoms with Crippen LogP contribution in [0.4, 0.5) is 5.69 Å². The molecule has 0 amide bonds. The van der Waals surface area contributed by atoms with Crippen LogP contribution in [0.25, 0.3) is 11.1 Å². The highest BCUT2D eigenvalue weighted by molar-refractivity contribution is 5.85. The third kappa shape index (κ3) is 5.30. The Balaban J connectivity index is 2.28. The van der Waals surface area contributed by atoms with Crippen LogP contribution in [-0.4, -0.2) is 5.71 Å². The highest BCUT2D eigenvalue weighted by Crippen LogP contribution is 2.32. The summed E-state index contributed by atoms with van der Waals surface area (Å²) in [4.78, 5) is 4.88. The SMILES string of the molecule is CCCCC(C)=Nc1cc(-c2ccc(C(C)(C)CCC)cc2)ccc1C. The molecule has 0 aliphatic rings. The lowest BCUT2D eigenvalue weighted by atomic mass is 9.80. The Hall–Kier alpha value is -1.89. The molecule has 0 radical (unpaired) electrons. The molecule has 0 spiro atoms. The summed E-state index contributed by atoms with van der Waals surface area (Å²) < 4.78 is 0. The monoisotopic (exact) mass is 349 g/mol. The quantitative estimate of drug-likeness (QED) is 0.428. The van der Waals surface area contributed by atoms with E-state index in [2.05, 4.69) is 84.0 Å². The third-order valence-electron chi connectivity index (χ3n) is 5.29. The van der Waals surface area contributed by atoms with Crippen LogP contribution in [0.3, 0.4) is 0 Å². The molecule has 0 saturated carbocycles. The Morgan fingerprint density at radius 1 is 0.923 bits per heavy atom. The predicted octanol–water partition coefficient (Wildman–Crippen LogP) is 8.02. The van der Waals surface area contributed by atoms with E-state index in [1.807, 2.05) is 0 Å². The van der Waals surface area contributed by atoms with Gasteiger partial charge in [-0.1, -0.05) is 76.9 Å². The normalized spacial score (nSPS) is 12.5. The van der Waals surface area contributed by atoms with Crippen LogP contribution >= 0.6 is 0 Å². The van der Waals surface area contributed by atoms with Gasteiger partial charge in [0.2, 0.25) is 0 Å². The summed E-state index contributed by atoms with van der Waals surface area (Å²) in [7, 11) is 0. The first kappa shape index (κ1) is 20.4. The molecule has 1 nitrogen and oxygen atoms in total. The van der Waals surface area contributed by atoms with E-state index in [1.165, 1.54) is 53.6 Å². The molecule has 0 bridgehead atoms. The van der Waals surface area contributed by atoms with Gasteiger partial charge in [0.25, 0.3) is 0 Å². The minimum atomic E-state index is 0.242. The van der Waals surface area contributed by atoms with Crippen molar-refractivity contribution in [2.45, 2.75) is 79.1 Å². The van der Waals surface area contributed by atoms with Crippen LogP contribution in [-0.2, 0) is 5.41 Å². The van der Waals surface area contributed by atoms with Crippen molar-refractivity contribution in [3.63, 3.8) is 0 Å². The van der Waals surface area contributed by atoms with Crippen molar-refractivity contribution in [3.8, 4) is 11.1 Å². The zero-order chi connectivity index (χ0) is 19.2. The Morgan fingerprint density at radius 3 is 2.19 bits per heavy atom. The highest BCUT2D eigenvalue weighted by atomic mass is 14.7. The van der Waals surface area contributed by atoms with Gasteiger partial charge < -0.3 is 0 Å². The van der Waals surface area contributed by atoms with Crippen molar-refractivity contribution < 1.29 is 0 Å². The summed E-state index contributed by atoms with van der Waals surface area (Å²) in [6.07, 6.45) is 5.94. The molecular formula is C25H35N. The van der Waals surface area contributed by atoms with Crippen molar-refractivity contribution >= 4 is 11.4 Å². The van der Waals surface area contributed by atoms with E-state index in [-0.39, 0.29) is 5.41 Å². The molecule has 0 saturated heterocycles. The maximum atomic E-state index is 4.88. The smallest absolute Gasteiger partial charge is 0.0664 e. The first-order valence-electron chi connectivity index (χ1n) is 10.1. The molecular weight excluding hydrogens is 314 g/mol. The molecule has 0 atom stereocenters. The summed E-state index contributed by atoms with van der Waals surface area (Å²) in [6, 6.07) is 15.7. The second-order valence-corrected chi connectivity index (χ2v) is 8.16. The van der Waals surface area contributed by atoms with E-state index in [4.69, 9.17) is 4.99 Å². The number of rotatable bonds is 8. The second-order valence-electron chi connectivity index (χ2n) is 8.16. The Kier molecular flexibility index (Phi) is 7.20. The average Bonchev–Trinajstić information content (AvgIpc) is 2.62. The Morgan fingerprint density at radius 2 is 1.58 bits per heavy atom. The summed E-state index contributed by atoms with van der Waals surface area (Å²) in [5, 5.41) is 0. The van der Waals surface area contributed by atoms with Crippen LogP contribution in [0.1, 0.15) is 77.8 Å². The van der Waals surface area contributed by atoms with Crippen LogP contribution in [0.5, 0.6) is 0 Å². The number of aryl methyl sites for hydroxylation is 1. The molecule has 0 aliphatic carbocycles. The largest absolute Gasteiger partial charge is 0.258 e. The number of benzene rings is 2. The predicted molar refractivity (Wildman–Crippen MR) is 117 cm³/mol. The molecule has 0 fully saturated rings. The molecule has 0 N–H and O–H groups in total. The van der Waals surface area contributed by atoms with E-state index in [0.29, 0.717) is 0 Å². The van der Waals surface area contributed by atoms with Crippen molar-refractivity contribution in [2.75, 3.05) is 0 Å². The topological polar surface area (TPSA) is 12.4 Å². The number of nitrogens with zero attached hydrogens (tertiary/aromatic N) is 1. The van der Waals surface area contributed by atoms with E-state index in [0.717, 1.165) is 12.1 Å². The molecule has 2 aromatic carbocycles. The average molecular weight is 350 g/mol. The lowest BCUT2D eigenvalue weighted by Crippen LogP contribution is -2.16. The van der Waals surface area contributed by atoms with Crippen LogP contribution in [0, 0.1) is 6.92 Å². The fourth-order valence-electron chi connectivity index (χ4n) is 3.49. The minimum absolute atomic E-state index is 0.242. The van der Waals surface area contributed by atoms with Crippen molar-refractivity contribution in [1.29, 1.82) is 0 Å². The number of hydrogen-bond acceptors (Lipinski definition) is 1. The fraction of sp³-hybridized carbons (Fsp3) is 0.480. The minimum Gasteiger partial charge on any atom is -0.258 e. The van der Waals surface area contributed by atoms with Crippen LogP contribution < -0.4 is 0 Å². The van der Waals surface area contributed by atoms with Gasteiger partial charge >= 0.3 is 0 Å². The highest BCUT2D eigenvalue weighted by Gasteiger charge is 2.19.